The summed E-state index contributed by atoms with van der Waals surface area (Å²) in [6, 6.07) is 12.8. The van der Waals surface area contributed by atoms with E-state index in [0.717, 1.165) is 37.2 Å². The molecule has 188 valence electrons. The van der Waals surface area contributed by atoms with Crippen molar-refractivity contribution < 1.29 is 29.1 Å². The number of carbonyl (C=O) groups is 3. The van der Waals surface area contributed by atoms with Gasteiger partial charge in [-0.3, -0.25) is 9.63 Å². The molecule has 5 N–H and O–H groups in total. The minimum Gasteiger partial charge on any atom is -0.480 e. The van der Waals surface area contributed by atoms with Crippen LogP contribution >= 0.6 is 0 Å². The molecular weight excluding hydrogens is 454 g/mol. The number of carboxylic acid groups (broad SMARTS) is 1. The molecule has 3 rings (SSSR count). The van der Waals surface area contributed by atoms with Crippen molar-refractivity contribution in [3.63, 3.8) is 0 Å². The van der Waals surface area contributed by atoms with E-state index in [4.69, 9.17) is 9.57 Å². The highest BCUT2D eigenvalue weighted by Crippen LogP contribution is 2.17. The van der Waals surface area contributed by atoms with Crippen molar-refractivity contribution >= 4 is 23.8 Å². The third-order valence-corrected chi connectivity index (χ3v) is 5.40. The first-order valence-electron chi connectivity index (χ1n) is 11.5. The van der Waals surface area contributed by atoms with E-state index in [-0.39, 0.29) is 19.3 Å². The molecule has 0 unspecified atom stereocenters. The van der Waals surface area contributed by atoms with Crippen molar-refractivity contribution in [2.75, 3.05) is 18.4 Å². The molecule has 2 amide bonds. The summed E-state index contributed by atoms with van der Waals surface area (Å²) in [5.41, 5.74) is 3.48. The molecule has 35 heavy (non-hydrogen) atoms. The maximum atomic E-state index is 12.4. The highest BCUT2D eigenvalue weighted by molar-refractivity contribution is 5.84. The van der Waals surface area contributed by atoms with Gasteiger partial charge in [-0.1, -0.05) is 36.4 Å². The third kappa shape index (κ3) is 9.22. The maximum Gasteiger partial charge on any atom is 0.408 e. The van der Waals surface area contributed by atoms with Gasteiger partial charge < -0.3 is 25.8 Å². The fraction of sp³-hybridized carbons (Fsp3) is 0.417. The van der Waals surface area contributed by atoms with Crippen LogP contribution in [-0.4, -0.2) is 59.3 Å². The van der Waals surface area contributed by atoms with Gasteiger partial charge in [-0.25, -0.2) is 14.6 Å². The van der Waals surface area contributed by atoms with Gasteiger partial charge in [0.05, 0.1) is 6.10 Å². The van der Waals surface area contributed by atoms with E-state index in [2.05, 4.69) is 26.4 Å². The molecule has 1 aliphatic heterocycles. The molecule has 1 aromatic heterocycles. The number of alkyl carbamates (subject to hydrolysis) is 1. The normalized spacial score (nSPS) is 17.8. The minimum absolute atomic E-state index is 0.00923. The van der Waals surface area contributed by atoms with Crippen LogP contribution in [0.2, 0.25) is 0 Å². The fourth-order valence-electron chi connectivity index (χ4n) is 3.49. The summed E-state index contributed by atoms with van der Waals surface area (Å²) in [7, 11) is 0. The van der Waals surface area contributed by atoms with E-state index < -0.39 is 30.1 Å². The van der Waals surface area contributed by atoms with E-state index in [1.807, 2.05) is 24.3 Å². The summed E-state index contributed by atoms with van der Waals surface area (Å²) in [4.78, 5) is 45.6. The molecule has 2 heterocycles. The number of hydrogen-bond donors (Lipinski definition) is 5. The molecular formula is C24H31N5O6. The number of nitrogens with zero attached hydrogens (tertiary/aromatic N) is 1. The average Bonchev–Trinajstić information content (AvgIpc) is 3.35. The molecule has 0 radical (unpaired) electrons. The monoisotopic (exact) mass is 485 g/mol. The second-order valence-corrected chi connectivity index (χ2v) is 8.13. The molecule has 2 aromatic rings. The smallest absolute Gasteiger partial charge is 0.408 e. The van der Waals surface area contributed by atoms with Gasteiger partial charge >= 0.3 is 12.1 Å². The summed E-state index contributed by atoms with van der Waals surface area (Å²) in [5, 5.41) is 17.4. The number of pyridine rings is 1. The minimum atomic E-state index is -1.33. The predicted octanol–water partition coefficient (Wildman–Crippen LogP) is 1.82. The Hall–Kier alpha value is -3.70. The van der Waals surface area contributed by atoms with Crippen molar-refractivity contribution in [1.29, 1.82) is 0 Å². The summed E-state index contributed by atoms with van der Waals surface area (Å²) < 4.78 is 5.04. The van der Waals surface area contributed by atoms with Crippen LogP contribution in [0, 0.1) is 0 Å². The van der Waals surface area contributed by atoms with Crippen LogP contribution in [0.5, 0.6) is 0 Å². The molecule has 0 aliphatic carbocycles. The first kappa shape index (κ1) is 25.9. The molecule has 1 fully saturated rings. The van der Waals surface area contributed by atoms with Gasteiger partial charge in [0.2, 0.25) is 5.91 Å². The van der Waals surface area contributed by atoms with Gasteiger partial charge in [0.1, 0.15) is 24.5 Å². The SMILES string of the molecule is O=C(N[C@@H](CNC(=O)[C@@H]1C[C@@H](CCCCNc2ccccn2)ON1)C(=O)O)OCc1ccccc1. The topological polar surface area (TPSA) is 151 Å². The van der Waals surface area contributed by atoms with Crippen molar-refractivity contribution in [2.45, 2.75) is 50.5 Å². The highest BCUT2D eigenvalue weighted by Gasteiger charge is 2.31. The zero-order valence-electron chi connectivity index (χ0n) is 19.3. The van der Waals surface area contributed by atoms with Crippen molar-refractivity contribution in [2.24, 2.45) is 0 Å². The van der Waals surface area contributed by atoms with Gasteiger partial charge in [-0.05, 0) is 37.0 Å². The van der Waals surface area contributed by atoms with E-state index in [1.165, 1.54) is 0 Å². The van der Waals surface area contributed by atoms with Crippen LogP contribution in [0.15, 0.2) is 54.7 Å². The Balaban J connectivity index is 1.30. The number of unbranched alkanes of at least 4 members (excludes halogenated alkanes) is 1. The Morgan fingerprint density at radius 1 is 1.14 bits per heavy atom. The number of aromatic nitrogens is 1. The lowest BCUT2D eigenvalue weighted by atomic mass is 10.1. The zero-order valence-corrected chi connectivity index (χ0v) is 19.3. The van der Waals surface area contributed by atoms with E-state index in [0.29, 0.717) is 6.42 Å². The standard InChI is InChI=1S/C24H31N5O6/c30-22(19-14-18(35-29-19)10-4-6-12-25-21-11-5-7-13-26-21)27-15-20(23(31)32)28-24(33)34-16-17-8-2-1-3-9-17/h1-3,5,7-9,11,13,18-20,29H,4,6,10,12,14-16H2,(H,25,26)(H,27,30)(H,28,33)(H,31,32)/t18-,19+,20+/m1/s1. The molecule has 1 aromatic carbocycles. The number of hydroxylamine groups is 1. The lowest BCUT2D eigenvalue weighted by Gasteiger charge is -2.16. The van der Waals surface area contributed by atoms with Gasteiger partial charge in [-0.15, -0.1) is 0 Å². The van der Waals surface area contributed by atoms with Crippen LogP contribution in [0.3, 0.4) is 0 Å². The Labute approximate surface area is 203 Å². The molecule has 0 saturated carbocycles. The van der Waals surface area contributed by atoms with Gasteiger partial charge in [-0.2, -0.15) is 5.48 Å². The average molecular weight is 486 g/mol. The van der Waals surface area contributed by atoms with Crippen molar-refractivity contribution in [3.8, 4) is 0 Å². The van der Waals surface area contributed by atoms with Crippen LogP contribution in [0.1, 0.15) is 31.2 Å². The molecule has 11 nitrogen and oxygen atoms in total. The van der Waals surface area contributed by atoms with Crippen LogP contribution in [0.4, 0.5) is 10.6 Å². The molecule has 0 spiro atoms. The van der Waals surface area contributed by atoms with E-state index in [9.17, 15) is 19.5 Å². The number of anilines is 1. The number of aliphatic carboxylic acids is 1. The quantitative estimate of drug-likeness (QED) is 0.268. The van der Waals surface area contributed by atoms with E-state index in [1.54, 1.807) is 30.5 Å². The summed E-state index contributed by atoms with van der Waals surface area (Å²) in [5.74, 6) is -0.841. The van der Waals surface area contributed by atoms with Gasteiger partial charge in [0, 0.05) is 25.7 Å². The molecule has 3 atom stereocenters. The first-order valence-corrected chi connectivity index (χ1v) is 11.5. The summed E-state index contributed by atoms with van der Waals surface area (Å²) in [6.07, 6.45) is 3.85. The van der Waals surface area contributed by atoms with Crippen LogP contribution < -0.4 is 21.4 Å². The fourth-order valence-corrected chi connectivity index (χ4v) is 3.49. The summed E-state index contributed by atoms with van der Waals surface area (Å²) in [6.45, 7) is 0.518. The number of carbonyl (C=O) groups excluding carboxylic acids is 2. The van der Waals surface area contributed by atoms with E-state index >= 15 is 0 Å². The molecule has 11 heteroatoms. The van der Waals surface area contributed by atoms with Gasteiger partial charge in [0.25, 0.3) is 0 Å². The zero-order chi connectivity index (χ0) is 24.9. The maximum absolute atomic E-state index is 12.4. The highest BCUT2D eigenvalue weighted by atomic mass is 16.7. The molecule has 1 aliphatic rings. The Bertz CT molecular complexity index is 946. The predicted molar refractivity (Wildman–Crippen MR) is 127 cm³/mol. The van der Waals surface area contributed by atoms with Crippen LogP contribution in [0.25, 0.3) is 0 Å². The molecule has 0 bridgehead atoms. The van der Waals surface area contributed by atoms with Crippen molar-refractivity contribution in [1.82, 2.24) is 21.1 Å². The van der Waals surface area contributed by atoms with Crippen molar-refractivity contribution in [3.05, 3.63) is 60.3 Å². The second-order valence-electron chi connectivity index (χ2n) is 8.13. The first-order chi connectivity index (χ1) is 17.0. The number of nitrogens with one attached hydrogen (secondary N) is 4. The number of benzene rings is 1. The molecule has 1 saturated heterocycles. The summed E-state index contributed by atoms with van der Waals surface area (Å²) >= 11 is 0. The third-order valence-electron chi connectivity index (χ3n) is 5.40. The largest absolute Gasteiger partial charge is 0.480 e. The Kier molecular flexibility index (Phi) is 10.3. The Morgan fingerprint density at radius 2 is 1.94 bits per heavy atom. The number of amides is 2. The second kappa shape index (κ2) is 13.9. The van der Waals surface area contributed by atoms with Gasteiger partial charge in [0.15, 0.2) is 0 Å². The van der Waals surface area contributed by atoms with Crippen LogP contribution in [-0.2, 0) is 25.8 Å². The lowest BCUT2D eigenvalue weighted by molar-refractivity contribution is -0.139. The number of rotatable bonds is 13. The lowest BCUT2D eigenvalue weighted by Crippen LogP contribution is -2.51. The number of hydrogen-bond acceptors (Lipinski definition) is 8. The Morgan fingerprint density at radius 3 is 2.69 bits per heavy atom. The number of ether oxygens (including phenoxy) is 1. The number of carboxylic acids is 1.